The van der Waals surface area contributed by atoms with Crippen LogP contribution in [0.25, 0.3) is 0 Å². The van der Waals surface area contributed by atoms with E-state index in [1.54, 1.807) is 0 Å². The van der Waals surface area contributed by atoms with Crippen LogP contribution in [0.4, 0.5) is 5.69 Å². The summed E-state index contributed by atoms with van der Waals surface area (Å²) in [6, 6.07) is 6.88. The number of hydrogen-bond acceptors (Lipinski definition) is 2. The zero-order valence-corrected chi connectivity index (χ0v) is 12.3. The summed E-state index contributed by atoms with van der Waals surface area (Å²) in [5, 5.41) is 7.92. The second-order valence-corrected chi connectivity index (χ2v) is 5.24. The van der Waals surface area contributed by atoms with Gasteiger partial charge in [-0.25, -0.2) is 0 Å². The van der Waals surface area contributed by atoms with Gasteiger partial charge in [0.15, 0.2) is 0 Å². The van der Waals surface area contributed by atoms with Gasteiger partial charge in [0, 0.05) is 30.0 Å². The molecule has 0 atom stereocenters. The average molecular weight is 257 g/mol. The van der Waals surface area contributed by atoms with E-state index in [2.05, 4.69) is 62.5 Å². The topological polar surface area (TPSA) is 29.9 Å². The zero-order chi connectivity index (χ0) is 13.8. The lowest BCUT2D eigenvalue weighted by Crippen LogP contribution is -2.04. The SMILES string of the molecule is CCc1cccc(C)c1NCc1cnn(C(C)C)c1. The van der Waals surface area contributed by atoms with E-state index in [0.717, 1.165) is 13.0 Å². The molecule has 0 aliphatic heterocycles. The predicted octanol–water partition coefficient (Wildman–Crippen LogP) is 3.95. The Morgan fingerprint density at radius 2 is 2.11 bits per heavy atom. The van der Waals surface area contributed by atoms with Crippen molar-refractivity contribution in [3.8, 4) is 0 Å². The number of hydrogen-bond donors (Lipinski definition) is 1. The second kappa shape index (κ2) is 5.91. The first-order valence-electron chi connectivity index (χ1n) is 6.97. The van der Waals surface area contributed by atoms with Crippen LogP contribution >= 0.6 is 0 Å². The summed E-state index contributed by atoms with van der Waals surface area (Å²) in [4.78, 5) is 0. The predicted molar refractivity (Wildman–Crippen MR) is 80.5 cm³/mol. The standard InChI is InChI=1S/C16H23N3/c1-5-15-8-6-7-13(4)16(15)17-9-14-10-18-19(11-14)12(2)3/h6-8,10-12,17H,5,9H2,1-4H3. The van der Waals surface area contributed by atoms with Crippen LogP contribution in [0.15, 0.2) is 30.6 Å². The Balaban J connectivity index is 2.09. The molecule has 1 aromatic heterocycles. The van der Waals surface area contributed by atoms with E-state index >= 15 is 0 Å². The van der Waals surface area contributed by atoms with Crippen molar-refractivity contribution in [3.63, 3.8) is 0 Å². The highest BCUT2D eigenvalue weighted by molar-refractivity contribution is 5.57. The summed E-state index contributed by atoms with van der Waals surface area (Å²) in [6.45, 7) is 9.45. The van der Waals surface area contributed by atoms with Gasteiger partial charge in [-0.15, -0.1) is 0 Å². The van der Waals surface area contributed by atoms with Crippen LogP contribution in [-0.4, -0.2) is 9.78 Å². The van der Waals surface area contributed by atoms with Gasteiger partial charge in [0.1, 0.15) is 0 Å². The molecule has 3 nitrogen and oxygen atoms in total. The summed E-state index contributed by atoms with van der Waals surface area (Å²) in [7, 11) is 0. The highest BCUT2D eigenvalue weighted by atomic mass is 15.3. The molecule has 19 heavy (non-hydrogen) atoms. The number of anilines is 1. The molecule has 0 saturated heterocycles. The fourth-order valence-corrected chi connectivity index (χ4v) is 2.22. The quantitative estimate of drug-likeness (QED) is 0.879. The Labute approximate surface area is 115 Å². The second-order valence-electron chi connectivity index (χ2n) is 5.24. The maximum Gasteiger partial charge on any atom is 0.0539 e. The van der Waals surface area contributed by atoms with Crippen molar-refractivity contribution in [3.05, 3.63) is 47.3 Å². The van der Waals surface area contributed by atoms with Gasteiger partial charge >= 0.3 is 0 Å². The minimum absolute atomic E-state index is 0.415. The fourth-order valence-electron chi connectivity index (χ4n) is 2.22. The Bertz CT molecular complexity index is 541. The molecule has 1 N–H and O–H groups in total. The minimum atomic E-state index is 0.415. The molecule has 1 aromatic carbocycles. The molecule has 0 spiro atoms. The number of aryl methyl sites for hydroxylation is 2. The lowest BCUT2D eigenvalue weighted by Gasteiger charge is -2.13. The molecule has 0 aliphatic rings. The highest BCUT2D eigenvalue weighted by Gasteiger charge is 2.05. The molecule has 3 heteroatoms. The summed E-state index contributed by atoms with van der Waals surface area (Å²) in [5.74, 6) is 0. The minimum Gasteiger partial charge on any atom is -0.380 e. The molecule has 0 bridgehead atoms. The molecule has 0 fully saturated rings. The summed E-state index contributed by atoms with van der Waals surface area (Å²) >= 11 is 0. The monoisotopic (exact) mass is 257 g/mol. The van der Waals surface area contributed by atoms with Crippen LogP contribution in [0.1, 0.15) is 43.5 Å². The van der Waals surface area contributed by atoms with E-state index in [-0.39, 0.29) is 0 Å². The molecule has 0 saturated carbocycles. The third-order valence-electron chi connectivity index (χ3n) is 3.39. The first-order valence-corrected chi connectivity index (χ1v) is 6.97. The van der Waals surface area contributed by atoms with Gasteiger partial charge in [0.2, 0.25) is 0 Å². The van der Waals surface area contributed by atoms with Crippen molar-refractivity contribution in [2.75, 3.05) is 5.32 Å². The van der Waals surface area contributed by atoms with Crippen LogP contribution in [0.5, 0.6) is 0 Å². The molecule has 102 valence electrons. The van der Waals surface area contributed by atoms with Crippen molar-refractivity contribution in [2.45, 2.75) is 46.7 Å². The zero-order valence-electron chi connectivity index (χ0n) is 12.3. The summed E-state index contributed by atoms with van der Waals surface area (Å²) < 4.78 is 2.00. The Kier molecular flexibility index (Phi) is 4.25. The smallest absolute Gasteiger partial charge is 0.0539 e. The molecule has 0 unspecified atom stereocenters. The first kappa shape index (κ1) is 13.7. The largest absolute Gasteiger partial charge is 0.380 e. The first-order chi connectivity index (χ1) is 9.11. The lowest BCUT2D eigenvalue weighted by atomic mass is 10.1. The molecule has 2 aromatic rings. The van der Waals surface area contributed by atoms with Gasteiger partial charge in [-0.1, -0.05) is 25.1 Å². The van der Waals surface area contributed by atoms with E-state index in [1.165, 1.54) is 22.4 Å². The van der Waals surface area contributed by atoms with Crippen molar-refractivity contribution in [1.29, 1.82) is 0 Å². The number of nitrogens with zero attached hydrogens (tertiary/aromatic N) is 2. The van der Waals surface area contributed by atoms with Crippen molar-refractivity contribution < 1.29 is 0 Å². The molecular formula is C16H23N3. The van der Waals surface area contributed by atoms with E-state index < -0.39 is 0 Å². The number of benzene rings is 1. The van der Waals surface area contributed by atoms with Crippen molar-refractivity contribution in [2.24, 2.45) is 0 Å². The van der Waals surface area contributed by atoms with E-state index in [0.29, 0.717) is 6.04 Å². The number of rotatable bonds is 5. The lowest BCUT2D eigenvalue weighted by molar-refractivity contribution is 0.532. The number of nitrogens with one attached hydrogen (secondary N) is 1. The molecule has 2 rings (SSSR count). The third kappa shape index (κ3) is 3.16. The van der Waals surface area contributed by atoms with Crippen LogP contribution in [0.3, 0.4) is 0 Å². The maximum atomic E-state index is 4.37. The molecule has 0 radical (unpaired) electrons. The normalized spacial score (nSPS) is 11.0. The Morgan fingerprint density at radius 3 is 2.74 bits per heavy atom. The van der Waals surface area contributed by atoms with Crippen molar-refractivity contribution in [1.82, 2.24) is 9.78 Å². The van der Waals surface area contributed by atoms with Gasteiger partial charge in [-0.2, -0.15) is 5.10 Å². The Hall–Kier alpha value is -1.77. The van der Waals surface area contributed by atoms with E-state index in [9.17, 15) is 0 Å². The summed E-state index contributed by atoms with van der Waals surface area (Å²) in [5.41, 5.74) is 5.16. The summed E-state index contributed by atoms with van der Waals surface area (Å²) in [6.07, 6.45) is 5.10. The number of aromatic nitrogens is 2. The van der Waals surface area contributed by atoms with Gasteiger partial charge < -0.3 is 5.32 Å². The molecular weight excluding hydrogens is 234 g/mol. The van der Waals surface area contributed by atoms with Gasteiger partial charge in [0.05, 0.1) is 6.20 Å². The van der Waals surface area contributed by atoms with Gasteiger partial charge in [-0.3, -0.25) is 4.68 Å². The third-order valence-corrected chi connectivity index (χ3v) is 3.39. The van der Waals surface area contributed by atoms with Gasteiger partial charge in [0.25, 0.3) is 0 Å². The molecule has 0 amide bonds. The fraction of sp³-hybridized carbons (Fsp3) is 0.438. The van der Waals surface area contributed by atoms with Crippen LogP contribution < -0.4 is 5.32 Å². The van der Waals surface area contributed by atoms with Crippen molar-refractivity contribution >= 4 is 5.69 Å². The van der Waals surface area contributed by atoms with Crippen LogP contribution in [0, 0.1) is 6.92 Å². The van der Waals surface area contributed by atoms with E-state index in [4.69, 9.17) is 0 Å². The van der Waals surface area contributed by atoms with E-state index in [1.807, 2.05) is 10.9 Å². The molecule has 0 aliphatic carbocycles. The number of para-hydroxylation sites is 1. The van der Waals surface area contributed by atoms with Crippen LogP contribution in [-0.2, 0) is 13.0 Å². The average Bonchev–Trinajstić information content (AvgIpc) is 2.86. The highest BCUT2D eigenvalue weighted by Crippen LogP contribution is 2.21. The Morgan fingerprint density at radius 1 is 1.32 bits per heavy atom. The van der Waals surface area contributed by atoms with Crippen LogP contribution in [0.2, 0.25) is 0 Å². The van der Waals surface area contributed by atoms with Gasteiger partial charge in [-0.05, 0) is 38.3 Å². The molecule has 1 heterocycles. The maximum absolute atomic E-state index is 4.37.